The van der Waals surface area contributed by atoms with Gasteiger partial charge in [0.15, 0.2) is 11.9 Å². The fourth-order valence-corrected chi connectivity index (χ4v) is 2.36. The number of hydrogen-bond donors (Lipinski definition) is 2. The van der Waals surface area contributed by atoms with Gasteiger partial charge in [-0.1, -0.05) is 6.07 Å². The Morgan fingerprint density at radius 3 is 2.70 bits per heavy atom. The molecular formula is C16H20N2O5. The minimum Gasteiger partial charge on any atom is -0.481 e. The summed E-state index contributed by atoms with van der Waals surface area (Å²) in [6.45, 7) is 5.35. The van der Waals surface area contributed by atoms with Gasteiger partial charge in [0.25, 0.3) is 11.8 Å². The van der Waals surface area contributed by atoms with Crippen molar-refractivity contribution in [3.8, 4) is 5.75 Å². The molecule has 0 saturated heterocycles. The number of benzene rings is 1. The number of carbonyl (C=O) groups is 3. The molecule has 1 aliphatic rings. The lowest BCUT2D eigenvalue weighted by Crippen LogP contribution is -2.40. The molecule has 1 atom stereocenters. The van der Waals surface area contributed by atoms with Gasteiger partial charge in [0.05, 0.1) is 17.7 Å². The molecule has 0 aromatic heterocycles. The van der Waals surface area contributed by atoms with E-state index in [0.29, 0.717) is 17.0 Å². The van der Waals surface area contributed by atoms with E-state index in [4.69, 9.17) is 9.84 Å². The fourth-order valence-electron chi connectivity index (χ4n) is 2.36. The highest BCUT2D eigenvalue weighted by molar-refractivity contribution is 6.04. The van der Waals surface area contributed by atoms with Crippen LogP contribution in [0.4, 0.5) is 5.69 Å². The van der Waals surface area contributed by atoms with E-state index in [1.807, 2.05) is 13.8 Å². The summed E-state index contributed by atoms with van der Waals surface area (Å²) >= 11 is 0. The average Bonchev–Trinajstić information content (AvgIpc) is 2.47. The SMILES string of the molecule is CC1Oc2c(cccc2C(=O)N(CCC(=O)O)C(C)C)NC1=O. The average molecular weight is 320 g/mol. The van der Waals surface area contributed by atoms with Crippen molar-refractivity contribution in [2.45, 2.75) is 39.3 Å². The van der Waals surface area contributed by atoms with Crippen LogP contribution < -0.4 is 10.1 Å². The third-order valence-electron chi connectivity index (χ3n) is 3.62. The molecule has 2 N–H and O–H groups in total. The summed E-state index contributed by atoms with van der Waals surface area (Å²) in [5, 5.41) is 11.5. The Kier molecular flexibility index (Phi) is 4.88. The van der Waals surface area contributed by atoms with E-state index in [9.17, 15) is 14.4 Å². The van der Waals surface area contributed by atoms with Crippen LogP contribution in [0.3, 0.4) is 0 Å². The summed E-state index contributed by atoms with van der Waals surface area (Å²) < 4.78 is 5.58. The zero-order valence-corrected chi connectivity index (χ0v) is 13.3. The van der Waals surface area contributed by atoms with Crippen LogP contribution in [0.25, 0.3) is 0 Å². The highest BCUT2D eigenvalue weighted by atomic mass is 16.5. The number of carboxylic acid groups (broad SMARTS) is 1. The number of carboxylic acids is 1. The molecule has 0 fully saturated rings. The van der Waals surface area contributed by atoms with Gasteiger partial charge in [-0.2, -0.15) is 0 Å². The van der Waals surface area contributed by atoms with Gasteiger partial charge in [-0.3, -0.25) is 14.4 Å². The summed E-state index contributed by atoms with van der Waals surface area (Å²) in [5.74, 6) is -1.23. The summed E-state index contributed by atoms with van der Waals surface area (Å²) in [4.78, 5) is 36.7. The van der Waals surface area contributed by atoms with Crippen LogP contribution in [0, 0.1) is 0 Å². The number of hydrogen-bond acceptors (Lipinski definition) is 4. The number of nitrogens with zero attached hydrogens (tertiary/aromatic N) is 1. The van der Waals surface area contributed by atoms with Gasteiger partial charge >= 0.3 is 5.97 Å². The Balaban J connectivity index is 2.33. The topological polar surface area (TPSA) is 95.9 Å². The zero-order chi connectivity index (χ0) is 17.1. The van der Waals surface area contributed by atoms with Gasteiger partial charge in [-0.25, -0.2) is 0 Å². The second kappa shape index (κ2) is 6.68. The van der Waals surface area contributed by atoms with Gasteiger partial charge < -0.3 is 20.1 Å². The first-order chi connectivity index (χ1) is 10.8. The largest absolute Gasteiger partial charge is 0.481 e. The lowest BCUT2D eigenvalue weighted by atomic mass is 10.1. The van der Waals surface area contributed by atoms with Crippen LogP contribution in [0.2, 0.25) is 0 Å². The number of para-hydroxylation sites is 1. The minimum atomic E-state index is -0.962. The lowest BCUT2D eigenvalue weighted by molar-refractivity contribution is -0.137. The molecular weight excluding hydrogens is 300 g/mol. The quantitative estimate of drug-likeness (QED) is 0.861. The molecule has 23 heavy (non-hydrogen) atoms. The number of anilines is 1. The second-order valence-electron chi connectivity index (χ2n) is 5.67. The summed E-state index contributed by atoms with van der Waals surface area (Å²) in [6.07, 6.45) is -0.824. The minimum absolute atomic E-state index is 0.109. The maximum Gasteiger partial charge on any atom is 0.305 e. The molecule has 124 valence electrons. The van der Waals surface area contributed by atoms with Crippen LogP contribution in [0.15, 0.2) is 18.2 Å². The van der Waals surface area contributed by atoms with E-state index >= 15 is 0 Å². The molecule has 0 saturated carbocycles. The molecule has 1 heterocycles. The number of ether oxygens (including phenoxy) is 1. The van der Waals surface area contributed by atoms with Gasteiger partial charge in [0.1, 0.15) is 0 Å². The third kappa shape index (κ3) is 3.61. The molecule has 0 bridgehead atoms. The highest BCUT2D eigenvalue weighted by Gasteiger charge is 2.30. The molecule has 0 radical (unpaired) electrons. The second-order valence-corrected chi connectivity index (χ2v) is 5.67. The van der Waals surface area contributed by atoms with E-state index in [1.54, 1.807) is 25.1 Å². The Bertz CT molecular complexity index is 641. The van der Waals surface area contributed by atoms with Crippen LogP contribution in [-0.2, 0) is 9.59 Å². The smallest absolute Gasteiger partial charge is 0.305 e. The van der Waals surface area contributed by atoms with Crippen molar-refractivity contribution in [2.24, 2.45) is 0 Å². The van der Waals surface area contributed by atoms with Crippen LogP contribution in [0.5, 0.6) is 5.75 Å². The molecule has 0 aliphatic carbocycles. The van der Waals surface area contributed by atoms with Crippen LogP contribution >= 0.6 is 0 Å². The number of rotatable bonds is 5. The van der Waals surface area contributed by atoms with Crippen LogP contribution in [0.1, 0.15) is 37.6 Å². The van der Waals surface area contributed by atoms with Gasteiger partial charge in [-0.05, 0) is 32.9 Å². The lowest BCUT2D eigenvalue weighted by Gasteiger charge is -2.29. The first-order valence-corrected chi connectivity index (χ1v) is 7.44. The van der Waals surface area contributed by atoms with Crippen molar-refractivity contribution >= 4 is 23.5 Å². The Morgan fingerprint density at radius 2 is 2.09 bits per heavy atom. The molecule has 7 nitrogen and oxygen atoms in total. The van der Waals surface area contributed by atoms with Crippen LogP contribution in [-0.4, -0.2) is 46.5 Å². The molecule has 1 aliphatic heterocycles. The van der Waals surface area contributed by atoms with Crippen molar-refractivity contribution in [1.29, 1.82) is 0 Å². The molecule has 1 aromatic rings. The van der Waals surface area contributed by atoms with Gasteiger partial charge in [0.2, 0.25) is 0 Å². The molecule has 0 spiro atoms. The maximum absolute atomic E-state index is 12.8. The predicted octanol–water partition coefficient (Wildman–Crippen LogP) is 1.73. The maximum atomic E-state index is 12.8. The number of carbonyl (C=O) groups excluding carboxylic acids is 2. The predicted molar refractivity (Wildman–Crippen MR) is 83.6 cm³/mol. The number of fused-ring (bicyclic) bond motifs is 1. The Hall–Kier alpha value is -2.57. The van der Waals surface area contributed by atoms with E-state index in [2.05, 4.69) is 5.32 Å². The molecule has 7 heteroatoms. The summed E-state index contributed by atoms with van der Waals surface area (Å²) in [6, 6.07) is 4.77. The van der Waals surface area contributed by atoms with Crippen molar-refractivity contribution in [1.82, 2.24) is 4.90 Å². The Morgan fingerprint density at radius 1 is 1.39 bits per heavy atom. The zero-order valence-electron chi connectivity index (χ0n) is 13.3. The number of amides is 2. The normalized spacial score (nSPS) is 16.3. The van der Waals surface area contributed by atoms with Gasteiger partial charge in [0, 0.05) is 12.6 Å². The molecule has 1 unspecified atom stereocenters. The third-order valence-corrected chi connectivity index (χ3v) is 3.62. The van der Waals surface area contributed by atoms with E-state index in [-0.39, 0.29) is 30.8 Å². The molecule has 1 aromatic carbocycles. The first-order valence-electron chi connectivity index (χ1n) is 7.44. The Labute approximate surface area is 134 Å². The summed E-state index contributed by atoms with van der Waals surface area (Å²) in [7, 11) is 0. The van der Waals surface area contributed by atoms with Crippen molar-refractivity contribution in [3.63, 3.8) is 0 Å². The van der Waals surface area contributed by atoms with E-state index in [1.165, 1.54) is 4.90 Å². The standard InChI is InChI=1S/C16H20N2O5/c1-9(2)18(8-7-13(19)20)16(22)11-5-4-6-12-14(11)23-10(3)15(21)17-12/h4-6,9-10H,7-8H2,1-3H3,(H,17,21)(H,19,20). The van der Waals surface area contributed by atoms with Crippen molar-refractivity contribution in [3.05, 3.63) is 23.8 Å². The fraction of sp³-hybridized carbons (Fsp3) is 0.438. The van der Waals surface area contributed by atoms with E-state index in [0.717, 1.165) is 0 Å². The molecule has 2 amide bonds. The van der Waals surface area contributed by atoms with Gasteiger partial charge in [-0.15, -0.1) is 0 Å². The van der Waals surface area contributed by atoms with Crippen molar-refractivity contribution < 1.29 is 24.2 Å². The summed E-state index contributed by atoms with van der Waals surface area (Å²) in [5.41, 5.74) is 0.759. The molecule has 2 rings (SSSR count). The first kappa shape index (κ1) is 16.8. The number of aliphatic carboxylic acids is 1. The number of nitrogens with one attached hydrogen (secondary N) is 1. The highest BCUT2D eigenvalue weighted by Crippen LogP contribution is 2.34. The van der Waals surface area contributed by atoms with Crippen molar-refractivity contribution in [2.75, 3.05) is 11.9 Å². The monoisotopic (exact) mass is 320 g/mol. The van der Waals surface area contributed by atoms with E-state index < -0.39 is 12.1 Å².